The van der Waals surface area contributed by atoms with Crippen molar-refractivity contribution in [2.24, 2.45) is 11.8 Å². The zero-order valence-electron chi connectivity index (χ0n) is 7.63. The Bertz CT molecular complexity index is 154. The molecule has 1 saturated heterocycles. The molecule has 1 rings (SSSR count). The fourth-order valence-corrected chi connectivity index (χ4v) is 1.55. The molecule has 2 heteroatoms. The van der Waals surface area contributed by atoms with Crippen LogP contribution in [0, 0.1) is 11.8 Å². The van der Waals surface area contributed by atoms with Gasteiger partial charge in [0.2, 0.25) is 5.91 Å². The van der Waals surface area contributed by atoms with Crippen molar-refractivity contribution in [3.8, 4) is 0 Å². The van der Waals surface area contributed by atoms with Crippen molar-refractivity contribution in [3.05, 3.63) is 0 Å². The molecule has 1 fully saturated rings. The number of hydrogen-bond acceptors (Lipinski definition) is 1. The van der Waals surface area contributed by atoms with Gasteiger partial charge in [0.25, 0.3) is 0 Å². The predicted molar refractivity (Wildman–Crippen MR) is 45.2 cm³/mol. The minimum Gasteiger partial charge on any atom is -0.343 e. The molecule has 0 aliphatic carbocycles. The third kappa shape index (κ3) is 1.73. The summed E-state index contributed by atoms with van der Waals surface area (Å²) < 4.78 is 0. The molecule has 1 heterocycles. The lowest BCUT2D eigenvalue weighted by Crippen LogP contribution is -2.24. The minimum atomic E-state index is 0.339. The first-order chi connectivity index (χ1) is 5.15. The van der Waals surface area contributed by atoms with E-state index in [0.29, 0.717) is 17.7 Å². The Morgan fingerprint density at radius 3 is 2.55 bits per heavy atom. The number of rotatable bonds is 2. The van der Waals surface area contributed by atoms with Crippen molar-refractivity contribution < 1.29 is 4.79 Å². The summed E-state index contributed by atoms with van der Waals surface area (Å²) >= 11 is 0. The fraction of sp³-hybridized carbons (Fsp3) is 0.889. The molecule has 64 valence electrons. The van der Waals surface area contributed by atoms with Crippen molar-refractivity contribution >= 4 is 5.91 Å². The highest BCUT2D eigenvalue weighted by molar-refractivity contribution is 5.78. The fourth-order valence-electron chi connectivity index (χ4n) is 1.55. The van der Waals surface area contributed by atoms with Gasteiger partial charge in [0.05, 0.1) is 0 Å². The van der Waals surface area contributed by atoms with Gasteiger partial charge in [0.1, 0.15) is 0 Å². The van der Waals surface area contributed by atoms with E-state index in [-0.39, 0.29) is 0 Å². The van der Waals surface area contributed by atoms with Crippen LogP contribution in [0.3, 0.4) is 0 Å². The molecule has 1 atom stereocenters. The van der Waals surface area contributed by atoms with E-state index in [1.54, 1.807) is 0 Å². The Labute approximate surface area is 68.6 Å². The van der Waals surface area contributed by atoms with Crippen molar-refractivity contribution in [2.45, 2.75) is 27.2 Å². The van der Waals surface area contributed by atoms with Gasteiger partial charge in [-0.2, -0.15) is 0 Å². The molecular formula is C9H17NO. The van der Waals surface area contributed by atoms with Gasteiger partial charge in [-0.15, -0.1) is 0 Å². The normalized spacial score (nSPS) is 25.3. The van der Waals surface area contributed by atoms with Crippen LogP contribution in [0.1, 0.15) is 27.2 Å². The summed E-state index contributed by atoms with van der Waals surface area (Å²) in [6.45, 7) is 8.28. The van der Waals surface area contributed by atoms with Crippen LogP contribution in [0.25, 0.3) is 0 Å². The van der Waals surface area contributed by atoms with Crippen molar-refractivity contribution in [3.63, 3.8) is 0 Å². The van der Waals surface area contributed by atoms with E-state index >= 15 is 0 Å². The average molecular weight is 155 g/mol. The van der Waals surface area contributed by atoms with Crippen LogP contribution in [-0.2, 0) is 4.79 Å². The smallest absolute Gasteiger partial charge is 0.222 e. The number of amides is 1. The standard InChI is InChI=1S/C9H17NO/c1-4-10-6-8(7(2)3)5-9(10)11/h7-8H,4-6H2,1-3H3. The molecule has 2 nitrogen and oxygen atoms in total. The second-order valence-corrected chi connectivity index (χ2v) is 3.64. The highest BCUT2D eigenvalue weighted by Crippen LogP contribution is 2.23. The Balaban J connectivity index is 2.49. The molecule has 0 N–H and O–H groups in total. The second kappa shape index (κ2) is 3.24. The lowest BCUT2D eigenvalue weighted by atomic mass is 9.95. The molecule has 1 unspecified atom stereocenters. The summed E-state index contributed by atoms with van der Waals surface area (Å²) in [6, 6.07) is 0. The van der Waals surface area contributed by atoms with Crippen LogP contribution in [-0.4, -0.2) is 23.9 Å². The first-order valence-corrected chi connectivity index (χ1v) is 4.43. The topological polar surface area (TPSA) is 20.3 Å². The maximum absolute atomic E-state index is 11.2. The summed E-state index contributed by atoms with van der Waals surface area (Å²) in [4.78, 5) is 13.2. The first-order valence-electron chi connectivity index (χ1n) is 4.43. The molecule has 1 aliphatic rings. The minimum absolute atomic E-state index is 0.339. The molecular weight excluding hydrogens is 138 g/mol. The lowest BCUT2D eigenvalue weighted by molar-refractivity contribution is -0.127. The first kappa shape index (κ1) is 8.57. The molecule has 0 spiro atoms. The Kier molecular flexibility index (Phi) is 2.53. The maximum Gasteiger partial charge on any atom is 0.222 e. The van der Waals surface area contributed by atoms with Crippen LogP contribution >= 0.6 is 0 Å². The van der Waals surface area contributed by atoms with E-state index in [0.717, 1.165) is 19.5 Å². The highest BCUT2D eigenvalue weighted by Gasteiger charge is 2.29. The van der Waals surface area contributed by atoms with Crippen LogP contribution in [0.5, 0.6) is 0 Å². The SMILES string of the molecule is CCN1CC(C(C)C)CC1=O. The Morgan fingerprint density at radius 2 is 2.27 bits per heavy atom. The summed E-state index contributed by atoms with van der Waals surface area (Å²) in [5, 5.41) is 0. The maximum atomic E-state index is 11.2. The zero-order valence-corrected chi connectivity index (χ0v) is 7.63. The largest absolute Gasteiger partial charge is 0.343 e. The van der Waals surface area contributed by atoms with E-state index in [2.05, 4.69) is 13.8 Å². The second-order valence-electron chi connectivity index (χ2n) is 3.64. The molecule has 0 aromatic carbocycles. The van der Waals surface area contributed by atoms with E-state index in [4.69, 9.17) is 0 Å². The van der Waals surface area contributed by atoms with Gasteiger partial charge in [-0.05, 0) is 18.8 Å². The van der Waals surface area contributed by atoms with E-state index < -0.39 is 0 Å². The molecule has 0 radical (unpaired) electrons. The molecule has 11 heavy (non-hydrogen) atoms. The molecule has 1 aliphatic heterocycles. The van der Waals surface area contributed by atoms with E-state index in [1.807, 2.05) is 11.8 Å². The third-order valence-electron chi connectivity index (χ3n) is 2.57. The summed E-state index contributed by atoms with van der Waals surface area (Å²) in [5.74, 6) is 1.59. The predicted octanol–water partition coefficient (Wildman–Crippen LogP) is 1.51. The van der Waals surface area contributed by atoms with Gasteiger partial charge < -0.3 is 4.90 Å². The summed E-state index contributed by atoms with van der Waals surface area (Å²) in [7, 11) is 0. The Morgan fingerprint density at radius 1 is 1.64 bits per heavy atom. The number of carbonyl (C=O) groups excluding carboxylic acids is 1. The number of carbonyl (C=O) groups is 1. The number of nitrogens with zero attached hydrogens (tertiary/aromatic N) is 1. The van der Waals surface area contributed by atoms with Crippen molar-refractivity contribution in [2.75, 3.05) is 13.1 Å². The highest BCUT2D eigenvalue weighted by atomic mass is 16.2. The quantitative estimate of drug-likeness (QED) is 0.592. The third-order valence-corrected chi connectivity index (χ3v) is 2.57. The van der Waals surface area contributed by atoms with Crippen molar-refractivity contribution in [1.29, 1.82) is 0 Å². The van der Waals surface area contributed by atoms with Gasteiger partial charge in [0, 0.05) is 19.5 Å². The Hall–Kier alpha value is -0.530. The molecule has 0 saturated carbocycles. The van der Waals surface area contributed by atoms with Crippen LogP contribution in [0.4, 0.5) is 0 Å². The van der Waals surface area contributed by atoms with E-state index in [1.165, 1.54) is 0 Å². The number of likely N-dealkylation sites (tertiary alicyclic amines) is 1. The monoisotopic (exact) mass is 155 g/mol. The van der Waals surface area contributed by atoms with Crippen molar-refractivity contribution in [1.82, 2.24) is 4.90 Å². The molecule has 1 amide bonds. The number of hydrogen-bond donors (Lipinski definition) is 0. The van der Waals surface area contributed by atoms with Gasteiger partial charge >= 0.3 is 0 Å². The average Bonchev–Trinajstić information content (AvgIpc) is 2.31. The van der Waals surface area contributed by atoms with Gasteiger partial charge in [0.15, 0.2) is 0 Å². The zero-order chi connectivity index (χ0) is 8.43. The summed E-state index contributed by atoms with van der Waals surface area (Å²) in [6.07, 6.45) is 0.769. The van der Waals surface area contributed by atoms with E-state index in [9.17, 15) is 4.79 Å². The molecule has 0 aromatic heterocycles. The van der Waals surface area contributed by atoms with Gasteiger partial charge in [-0.1, -0.05) is 13.8 Å². The van der Waals surface area contributed by atoms with Crippen LogP contribution in [0.15, 0.2) is 0 Å². The van der Waals surface area contributed by atoms with Crippen LogP contribution < -0.4 is 0 Å². The van der Waals surface area contributed by atoms with Gasteiger partial charge in [-0.25, -0.2) is 0 Å². The summed E-state index contributed by atoms with van der Waals surface area (Å²) in [5.41, 5.74) is 0. The molecule has 0 aromatic rings. The van der Waals surface area contributed by atoms with Gasteiger partial charge in [-0.3, -0.25) is 4.79 Å². The lowest BCUT2D eigenvalue weighted by Gasteiger charge is -2.15. The molecule has 0 bridgehead atoms. The van der Waals surface area contributed by atoms with Crippen LogP contribution in [0.2, 0.25) is 0 Å².